The Bertz CT molecular complexity index is 3450. The van der Waals surface area contributed by atoms with Crippen LogP contribution in [0.3, 0.4) is 0 Å². The Morgan fingerprint density at radius 2 is 1.00 bits per heavy atom. The molecule has 0 N–H and O–H groups in total. The Balaban J connectivity index is 1.15. The topological polar surface area (TPSA) is 69.9 Å². The molecule has 4 aromatic heterocycles. The van der Waals surface area contributed by atoms with Gasteiger partial charge in [0.25, 0.3) is 0 Å². The van der Waals surface area contributed by atoms with Crippen LogP contribution in [0.25, 0.3) is 116 Å². The fourth-order valence-electron chi connectivity index (χ4n) is 8.36. The SMILES string of the molecule is c1ccc(-c2nc(-c3ccc4c(c3)oc3ccccc34)nc(-c3cc4ccccc4c4oc5c(-n6c7ccccc7c7ccccc76)cccc5c34)n2)cc1. The van der Waals surface area contributed by atoms with Gasteiger partial charge in [0.2, 0.25) is 0 Å². The highest BCUT2D eigenvalue weighted by atomic mass is 16.3. The molecule has 0 spiro atoms. The summed E-state index contributed by atoms with van der Waals surface area (Å²) in [6, 6.07) is 58.5. The second kappa shape index (κ2) is 11.5. The molecular formula is C49H28N4O2. The third-order valence-corrected chi connectivity index (χ3v) is 10.8. The molecule has 8 aromatic carbocycles. The quantitative estimate of drug-likeness (QED) is 0.182. The van der Waals surface area contributed by atoms with Crippen LogP contribution in [0.4, 0.5) is 0 Å². The van der Waals surface area contributed by atoms with Crippen molar-refractivity contribution in [3.63, 3.8) is 0 Å². The van der Waals surface area contributed by atoms with Crippen molar-refractivity contribution in [2.75, 3.05) is 0 Å². The molecule has 0 saturated carbocycles. The van der Waals surface area contributed by atoms with Crippen LogP contribution < -0.4 is 0 Å². The van der Waals surface area contributed by atoms with Gasteiger partial charge in [0, 0.05) is 54.4 Å². The number of fused-ring (bicyclic) bond motifs is 11. The Labute approximate surface area is 313 Å². The monoisotopic (exact) mass is 704 g/mol. The molecule has 4 heterocycles. The molecule has 0 amide bonds. The van der Waals surface area contributed by atoms with Crippen LogP contribution in [0, 0.1) is 0 Å². The maximum atomic E-state index is 7.08. The zero-order valence-corrected chi connectivity index (χ0v) is 29.3. The average molecular weight is 705 g/mol. The summed E-state index contributed by atoms with van der Waals surface area (Å²) in [5.74, 6) is 1.71. The summed E-state index contributed by atoms with van der Waals surface area (Å²) in [4.78, 5) is 15.5. The Kier molecular flexibility index (Phi) is 6.24. The number of aromatic nitrogens is 4. The van der Waals surface area contributed by atoms with Gasteiger partial charge >= 0.3 is 0 Å². The Morgan fingerprint density at radius 3 is 1.80 bits per heavy atom. The van der Waals surface area contributed by atoms with Crippen molar-refractivity contribution in [3.8, 4) is 39.9 Å². The van der Waals surface area contributed by atoms with E-state index >= 15 is 0 Å². The largest absolute Gasteiger partial charge is 0.456 e. The van der Waals surface area contributed by atoms with Gasteiger partial charge in [-0.3, -0.25) is 0 Å². The highest BCUT2D eigenvalue weighted by Crippen LogP contribution is 2.44. The minimum atomic E-state index is 0.561. The normalized spacial score (nSPS) is 12.0. The first-order chi connectivity index (χ1) is 27.3. The fourth-order valence-corrected chi connectivity index (χ4v) is 8.36. The van der Waals surface area contributed by atoms with Crippen molar-refractivity contribution in [1.29, 1.82) is 0 Å². The van der Waals surface area contributed by atoms with Gasteiger partial charge in [0.1, 0.15) is 16.7 Å². The second-order valence-corrected chi connectivity index (χ2v) is 14.0. The molecule has 0 bridgehead atoms. The van der Waals surface area contributed by atoms with Crippen LogP contribution in [0.1, 0.15) is 0 Å². The minimum absolute atomic E-state index is 0.561. The summed E-state index contributed by atoms with van der Waals surface area (Å²) < 4.78 is 15.7. The maximum absolute atomic E-state index is 7.08. The maximum Gasteiger partial charge on any atom is 0.164 e. The molecule has 6 nitrogen and oxygen atoms in total. The van der Waals surface area contributed by atoms with Crippen molar-refractivity contribution in [2.45, 2.75) is 0 Å². The van der Waals surface area contributed by atoms with Gasteiger partial charge in [-0.05, 0) is 47.9 Å². The lowest BCUT2D eigenvalue weighted by atomic mass is 9.99. The average Bonchev–Trinajstić information content (AvgIpc) is 3.93. The number of nitrogens with zero attached hydrogens (tertiary/aromatic N) is 4. The van der Waals surface area contributed by atoms with E-state index in [1.165, 1.54) is 10.8 Å². The standard InChI is InChI=1S/C49H28N4O2/c1-2-13-29(14-3-1)47-50-48(31-25-26-36-35-19-8-11-24-42(35)54-43(36)28-31)52-49(51-47)38-27-30-15-4-5-16-32(30)46-44(38)37-20-12-23-41(45(37)55-46)53-39-21-9-6-17-33(39)34-18-7-10-22-40(34)53/h1-28H. The van der Waals surface area contributed by atoms with Gasteiger partial charge in [0.15, 0.2) is 23.1 Å². The van der Waals surface area contributed by atoms with Gasteiger partial charge in [-0.25, -0.2) is 15.0 Å². The number of hydrogen-bond acceptors (Lipinski definition) is 5. The van der Waals surface area contributed by atoms with E-state index in [0.717, 1.165) is 88.1 Å². The fraction of sp³-hybridized carbons (Fsp3) is 0. The molecule has 0 atom stereocenters. The van der Waals surface area contributed by atoms with Crippen LogP contribution in [0.15, 0.2) is 179 Å². The lowest BCUT2D eigenvalue weighted by molar-refractivity contribution is 0.669. The van der Waals surface area contributed by atoms with Gasteiger partial charge in [-0.2, -0.15) is 0 Å². The predicted molar refractivity (Wildman–Crippen MR) is 223 cm³/mol. The molecule has 0 unspecified atom stereocenters. The molecule has 0 aliphatic carbocycles. The molecule has 0 fully saturated rings. The number of para-hydroxylation sites is 4. The van der Waals surface area contributed by atoms with Crippen molar-refractivity contribution < 1.29 is 8.83 Å². The molecule has 0 radical (unpaired) electrons. The van der Waals surface area contributed by atoms with Crippen LogP contribution in [0.2, 0.25) is 0 Å². The summed E-state index contributed by atoms with van der Waals surface area (Å²) in [7, 11) is 0. The van der Waals surface area contributed by atoms with Crippen molar-refractivity contribution >= 4 is 76.5 Å². The molecule has 0 aliphatic rings. The highest BCUT2D eigenvalue weighted by molar-refractivity contribution is 6.22. The zero-order chi connectivity index (χ0) is 36.0. The van der Waals surface area contributed by atoms with Crippen LogP contribution in [0.5, 0.6) is 0 Å². The van der Waals surface area contributed by atoms with Gasteiger partial charge in [-0.1, -0.05) is 127 Å². The van der Waals surface area contributed by atoms with E-state index in [2.05, 4.69) is 120 Å². The molecule has 12 aromatic rings. The van der Waals surface area contributed by atoms with Crippen molar-refractivity contribution in [3.05, 3.63) is 170 Å². The summed E-state index contributed by atoms with van der Waals surface area (Å²) in [6.45, 7) is 0. The third-order valence-electron chi connectivity index (χ3n) is 10.8. The van der Waals surface area contributed by atoms with Gasteiger partial charge in [-0.15, -0.1) is 0 Å². The van der Waals surface area contributed by atoms with Gasteiger partial charge in [0.05, 0.1) is 16.7 Å². The number of hydrogen-bond donors (Lipinski definition) is 0. The van der Waals surface area contributed by atoms with E-state index in [4.69, 9.17) is 23.8 Å². The summed E-state index contributed by atoms with van der Waals surface area (Å²) in [5, 5.41) is 8.54. The van der Waals surface area contributed by atoms with E-state index in [0.29, 0.717) is 17.5 Å². The number of benzene rings is 8. The summed E-state index contributed by atoms with van der Waals surface area (Å²) in [6.07, 6.45) is 0. The van der Waals surface area contributed by atoms with Crippen molar-refractivity contribution in [1.82, 2.24) is 19.5 Å². The van der Waals surface area contributed by atoms with Crippen LogP contribution in [-0.2, 0) is 0 Å². The van der Waals surface area contributed by atoms with E-state index < -0.39 is 0 Å². The van der Waals surface area contributed by atoms with Crippen LogP contribution >= 0.6 is 0 Å². The molecular weight excluding hydrogens is 677 g/mol. The molecule has 12 rings (SSSR count). The van der Waals surface area contributed by atoms with Gasteiger partial charge < -0.3 is 13.4 Å². The second-order valence-electron chi connectivity index (χ2n) is 14.0. The van der Waals surface area contributed by atoms with E-state index in [9.17, 15) is 0 Å². The first-order valence-corrected chi connectivity index (χ1v) is 18.4. The van der Waals surface area contributed by atoms with Crippen molar-refractivity contribution in [2.24, 2.45) is 0 Å². The molecule has 0 saturated heterocycles. The highest BCUT2D eigenvalue weighted by Gasteiger charge is 2.23. The first-order valence-electron chi connectivity index (χ1n) is 18.4. The molecule has 55 heavy (non-hydrogen) atoms. The number of furan rings is 2. The van der Waals surface area contributed by atoms with E-state index in [1.54, 1.807) is 0 Å². The predicted octanol–water partition coefficient (Wildman–Crippen LogP) is 12.9. The lowest BCUT2D eigenvalue weighted by Gasteiger charge is -2.11. The summed E-state index contributed by atoms with van der Waals surface area (Å²) >= 11 is 0. The molecule has 6 heteroatoms. The number of rotatable bonds is 4. The molecule has 256 valence electrons. The third kappa shape index (κ3) is 4.46. The van der Waals surface area contributed by atoms with E-state index in [-0.39, 0.29) is 0 Å². The van der Waals surface area contributed by atoms with E-state index in [1.807, 2.05) is 54.6 Å². The Hall–Kier alpha value is -7.57. The van der Waals surface area contributed by atoms with Crippen LogP contribution in [-0.4, -0.2) is 19.5 Å². The first kappa shape index (κ1) is 29.9. The molecule has 0 aliphatic heterocycles. The minimum Gasteiger partial charge on any atom is -0.456 e. The zero-order valence-electron chi connectivity index (χ0n) is 29.3. The summed E-state index contributed by atoms with van der Waals surface area (Å²) in [5.41, 5.74) is 9.07. The lowest BCUT2D eigenvalue weighted by Crippen LogP contribution is -2.00. The smallest absolute Gasteiger partial charge is 0.164 e. The Morgan fingerprint density at radius 1 is 0.382 bits per heavy atom.